The second-order valence-corrected chi connectivity index (χ2v) is 10.7. The zero-order chi connectivity index (χ0) is 25.5. The maximum atomic E-state index is 6.24. The molecule has 5 heterocycles. The number of benzene rings is 4. The Balaban J connectivity index is 1.26. The molecule has 0 saturated heterocycles. The average molecular weight is 520 g/mol. The van der Waals surface area contributed by atoms with Crippen molar-refractivity contribution in [3.05, 3.63) is 104 Å². The normalized spacial score (nSPS) is 12.1. The zero-order valence-electron chi connectivity index (χ0n) is 20.4. The highest BCUT2D eigenvalue weighted by Gasteiger charge is 2.17. The number of para-hydroxylation sites is 1. The fourth-order valence-electron chi connectivity index (χ4n) is 5.65. The Morgan fingerprint density at radius 1 is 0.564 bits per heavy atom. The van der Waals surface area contributed by atoms with Gasteiger partial charge in [-0.1, -0.05) is 36.4 Å². The molecule has 0 amide bonds. The topological polar surface area (TPSA) is 65.0 Å². The zero-order valence-corrected chi connectivity index (χ0v) is 21.2. The average Bonchev–Trinajstić information content (AvgIpc) is 3.67. The third-order valence-electron chi connectivity index (χ3n) is 7.47. The lowest BCUT2D eigenvalue weighted by Crippen LogP contribution is -1.86. The van der Waals surface area contributed by atoms with Gasteiger partial charge in [0.15, 0.2) is 5.58 Å². The van der Waals surface area contributed by atoms with Crippen molar-refractivity contribution in [2.45, 2.75) is 0 Å². The summed E-state index contributed by atoms with van der Waals surface area (Å²) in [6.45, 7) is 0. The fourth-order valence-corrected chi connectivity index (χ4v) is 6.85. The van der Waals surface area contributed by atoms with Gasteiger partial charge in [0.25, 0.3) is 0 Å². The monoisotopic (exact) mass is 519 g/mol. The van der Waals surface area contributed by atoms with Crippen molar-refractivity contribution < 1.29 is 8.83 Å². The first-order valence-corrected chi connectivity index (χ1v) is 13.5. The van der Waals surface area contributed by atoms with Crippen molar-refractivity contribution in [3.63, 3.8) is 0 Å². The number of thiophene rings is 1. The van der Waals surface area contributed by atoms with Gasteiger partial charge in [0.05, 0.1) is 10.2 Å². The number of rotatable bonds is 2. The Bertz CT molecular complexity index is 2250. The lowest BCUT2D eigenvalue weighted by Gasteiger charge is -2.04. The van der Waals surface area contributed by atoms with Gasteiger partial charge in [0, 0.05) is 43.6 Å². The Labute approximate surface area is 225 Å². The van der Waals surface area contributed by atoms with Gasteiger partial charge in [-0.25, -0.2) is 9.97 Å². The van der Waals surface area contributed by atoms with E-state index in [-0.39, 0.29) is 0 Å². The van der Waals surface area contributed by atoms with Crippen molar-refractivity contribution in [3.8, 4) is 22.4 Å². The van der Waals surface area contributed by atoms with E-state index in [9.17, 15) is 0 Å². The lowest BCUT2D eigenvalue weighted by atomic mass is 10.0. The van der Waals surface area contributed by atoms with Crippen molar-refractivity contribution in [1.82, 2.24) is 15.0 Å². The Morgan fingerprint density at radius 3 is 2.21 bits per heavy atom. The second-order valence-electron chi connectivity index (χ2n) is 9.66. The number of furan rings is 2. The van der Waals surface area contributed by atoms with Crippen molar-refractivity contribution in [1.29, 1.82) is 0 Å². The predicted molar refractivity (Wildman–Crippen MR) is 158 cm³/mol. The van der Waals surface area contributed by atoms with Crippen LogP contribution in [-0.4, -0.2) is 15.0 Å². The van der Waals surface area contributed by atoms with Crippen LogP contribution in [-0.2, 0) is 0 Å². The molecule has 0 aliphatic heterocycles. The molecule has 5 nitrogen and oxygen atoms in total. The molecular weight excluding hydrogens is 502 g/mol. The van der Waals surface area contributed by atoms with Crippen LogP contribution in [0.15, 0.2) is 112 Å². The molecular formula is C33H17N3O2S. The number of pyridine rings is 1. The van der Waals surface area contributed by atoms with E-state index in [0.717, 1.165) is 60.8 Å². The molecule has 0 atom stereocenters. The molecule has 39 heavy (non-hydrogen) atoms. The first kappa shape index (κ1) is 20.9. The summed E-state index contributed by atoms with van der Waals surface area (Å²) in [4.78, 5) is 13.9. The lowest BCUT2D eigenvalue weighted by molar-refractivity contribution is 0.666. The van der Waals surface area contributed by atoms with Crippen LogP contribution in [0, 0.1) is 0 Å². The molecule has 0 radical (unpaired) electrons. The minimum Gasteiger partial charge on any atom is -0.456 e. The van der Waals surface area contributed by atoms with Crippen LogP contribution in [0.3, 0.4) is 0 Å². The summed E-state index contributed by atoms with van der Waals surface area (Å²) in [6, 6.07) is 31.1. The standard InChI is InChI=1S/C33H17N3O2S/c1-3-7-25-21(5-1)30-32(38-25)29(35-17-36-30)19-10-12-27-24(16-19)23-15-18(9-11-26(23)37-27)20-13-14-34-31-22-6-2-4-8-28(22)39-33(20)31/h1-17H. The molecule has 0 bridgehead atoms. The molecule has 4 aromatic carbocycles. The van der Waals surface area contributed by atoms with Crippen LogP contribution in [0.25, 0.3) is 86.7 Å². The molecule has 182 valence electrons. The van der Waals surface area contributed by atoms with Crippen molar-refractivity contribution in [2.75, 3.05) is 0 Å². The summed E-state index contributed by atoms with van der Waals surface area (Å²) in [5.41, 5.74) is 9.08. The van der Waals surface area contributed by atoms with E-state index in [4.69, 9.17) is 13.8 Å². The SMILES string of the molecule is c1ccc2c(c1)oc1c(-c3ccc4oc5ccc(-c6ccnc7c6sc6ccccc67)cc5c4c3)ncnc12. The Morgan fingerprint density at radius 2 is 1.31 bits per heavy atom. The summed E-state index contributed by atoms with van der Waals surface area (Å²) in [6.07, 6.45) is 3.51. The highest BCUT2D eigenvalue weighted by Crippen LogP contribution is 2.41. The fraction of sp³-hybridized carbons (Fsp3) is 0. The van der Waals surface area contributed by atoms with Gasteiger partial charge in [0.2, 0.25) is 0 Å². The molecule has 9 rings (SSSR count). The molecule has 5 aromatic heterocycles. The third kappa shape index (κ3) is 2.97. The molecule has 0 N–H and O–H groups in total. The smallest absolute Gasteiger partial charge is 0.180 e. The maximum Gasteiger partial charge on any atom is 0.180 e. The van der Waals surface area contributed by atoms with E-state index in [1.54, 1.807) is 17.7 Å². The maximum absolute atomic E-state index is 6.24. The van der Waals surface area contributed by atoms with E-state index >= 15 is 0 Å². The van der Waals surface area contributed by atoms with Crippen LogP contribution < -0.4 is 0 Å². The third-order valence-corrected chi connectivity index (χ3v) is 8.66. The molecule has 0 saturated carbocycles. The molecule has 0 aliphatic carbocycles. The van der Waals surface area contributed by atoms with Crippen LogP contribution in [0.2, 0.25) is 0 Å². The van der Waals surface area contributed by atoms with Crippen molar-refractivity contribution in [2.24, 2.45) is 0 Å². The number of hydrogen-bond donors (Lipinski definition) is 0. The van der Waals surface area contributed by atoms with Gasteiger partial charge in [-0.15, -0.1) is 11.3 Å². The minimum atomic E-state index is 0.690. The van der Waals surface area contributed by atoms with Crippen LogP contribution in [0.1, 0.15) is 0 Å². The number of aromatic nitrogens is 3. The summed E-state index contributed by atoms with van der Waals surface area (Å²) in [7, 11) is 0. The van der Waals surface area contributed by atoms with E-state index in [2.05, 4.69) is 64.6 Å². The van der Waals surface area contributed by atoms with E-state index in [1.807, 2.05) is 42.6 Å². The first-order chi connectivity index (χ1) is 19.3. The van der Waals surface area contributed by atoms with Gasteiger partial charge in [-0.2, -0.15) is 0 Å². The summed E-state index contributed by atoms with van der Waals surface area (Å²) < 4.78 is 14.9. The van der Waals surface area contributed by atoms with Gasteiger partial charge in [-0.05, 0) is 60.2 Å². The molecule has 0 spiro atoms. The summed E-state index contributed by atoms with van der Waals surface area (Å²) in [5.74, 6) is 0. The van der Waals surface area contributed by atoms with E-state index in [1.165, 1.54) is 20.3 Å². The van der Waals surface area contributed by atoms with Crippen molar-refractivity contribution >= 4 is 75.6 Å². The highest BCUT2D eigenvalue weighted by molar-refractivity contribution is 7.26. The van der Waals surface area contributed by atoms with Crippen LogP contribution >= 0.6 is 11.3 Å². The second kappa shape index (κ2) is 7.72. The molecule has 0 aliphatic rings. The quantitative estimate of drug-likeness (QED) is 0.228. The minimum absolute atomic E-state index is 0.690. The number of nitrogens with zero attached hydrogens (tertiary/aromatic N) is 3. The van der Waals surface area contributed by atoms with E-state index < -0.39 is 0 Å². The summed E-state index contributed by atoms with van der Waals surface area (Å²) >= 11 is 1.79. The molecule has 6 heteroatoms. The Kier molecular flexibility index (Phi) is 4.14. The predicted octanol–water partition coefficient (Wildman–Crippen LogP) is 9.37. The molecule has 0 fully saturated rings. The van der Waals surface area contributed by atoms with Crippen LogP contribution in [0.5, 0.6) is 0 Å². The van der Waals surface area contributed by atoms with Crippen LogP contribution in [0.4, 0.5) is 0 Å². The van der Waals surface area contributed by atoms with Gasteiger partial charge >= 0.3 is 0 Å². The van der Waals surface area contributed by atoms with Gasteiger partial charge in [0.1, 0.15) is 34.3 Å². The first-order valence-electron chi connectivity index (χ1n) is 12.7. The number of hydrogen-bond acceptors (Lipinski definition) is 6. The van der Waals surface area contributed by atoms with E-state index in [0.29, 0.717) is 5.58 Å². The van der Waals surface area contributed by atoms with Gasteiger partial charge in [-0.3, -0.25) is 4.98 Å². The van der Waals surface area contributed by atoms with Gasteiger partial charge < -0.3 is 8.83 Å². The molecule has 0 unspecified atom stereocenters. The largest absolute Gasteiger partial charge is 0.456 e. The molecule has 9 aromatic rings. The highest BCUT2D eigenvalue weighted by atomic mass is 32.1. The number of fused-ring (bicyclic) bond motifs is 9. The Hall–Kier alpha value is -5.07. The summed E-state index contributed by atoms with van der Waals surface area (Å²) in [5, 5.41) is 4.28.